The second-order valence-corrected chi connectivity index (χ2v) is 6.33. The minimum Gasteiger partial charge on any atom is -0.378 e. The highest BCUT2D eigenvalue weighted by Crippen LogP contribution is 2.29. The van der Waals surface area contributed by atoms with Crippen LogP contribution in [0.2, 0.25) is 0 Å². The molecule has 4 nitrogen and oxygen atoms in total. The zero-order valence-corrected chi connectivity index (χ0v) is 13.5. The molecule has 0 bridgehead atoms. The molecule has 3 rings (SSSR count). The second kappa shape index (κ2) is 6.83. The van der Waals surface area contributed by atoms with E-state index in [1.807, 2.05) is 18.2 Å². The zero-order valence-electron chi connectivity index (χ0n) is 11.9. The van der Waals surface area contributed by atoms with Gasteiger partial charge in [0.2, 0.25) is 0 Å². The number of para-hydroxylation sites is 1. The summed E-state index contributed by atoms with van der Waals surface area (Å²) in [6.07, 6.45) is 4.63. The van der Waals surface area contributed by atoms with Crippen molar-refractivity contribution in [3.8, 4) is 0 Å². The van der Waals surface area contributed by atoms with Crippen molar-refractivity contribution in [1.82, 2.24) is 10.4 Å². The van der Waals surface area contributed by atoms with Crippen molar-refractivity contribution in [3.63, 3.8) is 0 Å². The zero-order chi connectivity index (χ0) is 14.7. The van der Waals surface area contributed by atoms with Crippen molar-refractivity contribution in [2.75, 3.05) is 6.61 Å². The predicted octanol–water partition coefficient (Wildman–Crippen LogP) is 3.46. The van der Waals surface area contributed by atoms with E-state index in [1.165, 1.54) is 6.42 Å². The van der Waals surface area contributed by atoms with E-state index < -0.39 is 0 Å². The molecule has 0 radical (unpaired) electrons. The number of pyridine rings is 1. The summed E-state index contributed by atoms with van der Waals surface area (Å²) in [5, 5.41) is 1.13. The molecule has 3 N–H and O–H groups in total. The number of halogens is 1. The average molecular weight is 350 g/mol. The molecule has 1 aromatic carbocycles. The Morgan fingerprint density at radius 1 is 1.43 bits per heavy atom. The van der Waals surface area contributed by atoms with Crippen molar-refractivity contribution in [2.24, 2.45) is 5.84 Å². The minimum absolute atomic E-state index is 0.0354. The number of hydrogen-bond donors (Lipinski definition) is 2. The third kappa shape index (κ3) is 3.43. The van der Waals surface area contributed by atoms with E-state index in [0.717, 1.165) is 46.9 Å². The lowest BCUT2D eigenvalue weighted by Gasteiger charge is -2.19. The van der Waals surface area contributed by atoms with Crippen LogP contribution in [-0.4, -0.2) is 17.7 Å². The van der Waals surface area contributed by atoms with Crippen LogP contribution in [-0.2, 0) is 4.74 Å². The molecule has 21 heavy (non-hydrogen) atoms. The van der Waals surface area contributed by atoms with E-state index in [0.29, 0.717) is 6.10 Å². The van der Waals surface area contributed by atoms with Crippen molar-refractivity contribution in [1.29, 1.82) is 0 Å². The lowest BCUT2D eigenvalue weighted by Crippen LogP contribution is -2.29. The van der Waals surface area contributed by atoms with E-state index >= 15 is 0 Å². The predicted molar refractivity (Wildman–Crippen MR) is 87.7 cm³/mol. The SMILES string of the molecule is NNC(CCC1CCCO1)c1nc2ccccc2cc1Br. The van der Waals surface area contributed by atoms with Gasteiger partial charge in [0.05, 0.1) is 23.4 Å². The van der Waals surface area contributed by atoms with Crippen LogP contribution in [0.15, 0.2) is 34.8 Å². The Hall–Kier alpha value is -1.01. The minimum atomic E-state index is 0.0354. The molecule has 2 heterocycles. The summed E-state index contributed by atoms with van der Waals surface area (Å²) >= 11 is 3.62. The quantitative estimate of drug-likeness (QED) is 0.640. The molecule has 0 aliphatic carbocycles. The molecule has 112 valence electrons. The molecule has 1 saturated heterocycles. The molecule has 2 aromatic rings. The van der Waals surface area contributed by atoms with Gasteiger partial charge in [-0.2, -0.15) is 0 Å². The summed E-state index contributed by atoms with van der Waals surface area (Å²) in [6, 6.07) is 10.3. The Kier molecular flexibility index (Phi) is 4.85. The molecule has 0 spiro atoms. The van der Waals surface area contributed by atoms with Gasteiger partial charge in [0, 0.05) is 16.5 Å². The van der Waals surface area contributed by atoms with Gasteiger partial charge < -0.3 is 4.74 Å². The Labute approximate surface area is 133 Å². The van der Waals surface area contributed by atoms with Crippen LogP contribution in [0.25, 0.3) is 10.9 Å². The summed E-state index contributed by atoms with van der Waals surface area (Å²) in [5.41, 5.74) is 4.86. The maximum absolute atomic E-state index is 5.75. The summed E-state index contributed by atoms with van der Waals surface area (Å²) in [5.74, 6) is 5.75. The number of hydrazine groups is 1. The van der Waals surface area contributed by atoms with Crippen LogP contribution in [0.3, 0.4) is 0 Å². The number of nitrogens with two attached hydrogens (primary N) is 1. The number of fused-ring (bicyclic) bond motifs is 1. The largest absolute Gasteiger partial charge is 0.378 e. The number of rotatable bonds is 5. The van der Waals surface area contributed by atoms with Gasteiger partial charge in [0.25, 0.3) is 0 Å². The Bertz CT molecular complexity index is 613. The fourth-order valence-corrected chi connectivity index (χ4v) is 3.48. The maximum atomic E-state index is 5.75. The van der Waals surface area contributed by atoms with Crippen LogP contribution in [0, 0.1) is 0 Å². The van der Waals surface area contributed by atoms with Gasteiger partial charge in [-0.25, -0.2) is 4.98 Å². The van der Waals surface area contributed by atoms with Gasteiger partial charge in [-0.3, -0.25) is 11.3 Å². The first kappa shape index (κ1) is 14.9. The summed E-state index contributed by atoms with van der Waals surface area (Å²) in [6.45, 7) is 0.892. The van der Waals surface area contributed by atoms with Crippen LogP contribution < -0.4 is 11.3 Å². The Morgan fingerprint density at radius 3 is 3.05 bits per heavy atom. The lowest BCUT2D eigenvalue weighted by molar-refractivity contribution is 0.0994. The molecule has 2 atom stereocenters. The summed E-state index contributed by atoms with van der Waals surface area (Å²) in [4.78, 5) is 4.76. The van der Waals surface area contributed by atoms with E-state index in [4.69, 9.17) is 15.6 Å². The highest BCUT2D eigenvalue weighted by molar-refractivity contribution is 9.10. The molecule has 0 amide bonds. The van der Waals surface area contributed by atoms with Crippen molar-refractivity contribution in [2.45, 2.75) is 37.8 Å². The van der Waals surface area contributed by atoms with E-state index in [9.17, 15) is 0 Å². The van der Waals surface area contributed by atoms with E-state index in [-0.39, 0.29) is 6.04 Å². The van der Waals surface area contributed by atoms with Crippen LogP contribution in [0.5, 0.6) is 0 Å². The van der Waals surface area contributed by atoms with Gasteiger partial charge in [-0.1, -0.05) is 18.2 Å². The smallest absolute Gasteiger partial charge is 0.0736 e. The first-order valence-corrected chi connectivity index (χ1v) is 8.20. The number of nitrogens with one attached hydrogen (secondary N) is 1. The van der Waals surface area contributed by atoms with Crippen LogP contribution >= 0.6 is 15.9 Å². The fraction of sp³-hybridized carbons (Fsp3) is 0.438. The first-order chi connectivity index (χ1) is 10.3. The van der Waals surface area contributed by atoms with Gasteiger partial charge >= 0.3 is 0 Å². The number of nitrogens with zero attached hydrogens (tertiary/aromatic N) is 1. The van der Waals surface area contributed by atoms with Gasteiger partial charge in [0.1, 0.15) is 0 Å². The number of benzene rings is 1. The summed E-state index contributed by atoms with van der Waals surface area (Å²) in [7, 11) is 0. The van der Waals surface area contributed by atoms with Crippen LogP contribution in [0.1, 0.15) is 37.4 Å². The first-order valence-electron chi connectivity index (χ1n) is 7.41. The third-order valence-electron chi connectivity index (χ3n) is 4.04. The maximum Gasteiger partial charge on any atom is 0.0736 e. The molecule has 2 unspecified atom stereocenters. The number of ether oxygens (including phenoxy) is 1. The number of aromatic nitrogens is 1. The lowest BCUT2D eigenvalue weighted by atomic mass is 10.0. The topological polar surface area (TPSA) is 60.2 Å². The molecule has 5 heteroatoms. The van der Waals surface area contributed by atoms with Gasteiger partial charge in [-0.15, -0.1) is 0 Å². The van der Waals surface area contributed by atoms with E-state index in [1.54, 1.807) is 0 Å². The molecular weight excluding hydrogens is 330 g/mol. The third-order valence-corrected chi connectivity index (χ3v) is 4.67. The van der Waals surface area contributed by atoms with Crippen molar-refractivity contribution < 1.29 is 4.74 Å². The highest BCUT2D eigenvalue weighted by Gasteiger charge is 2.20. The van der Waals surface area contributed by atoms with Crippen molar-refractivity contribution in [3.05, 3.63) is 40.5 Å². The molecule has 1 aliphatic rings. The van der Waals surface area contributed by atoms with Crippen LogP contribution in [0.4, 0.5) is 0 Å². The molecule has 1 aliphatic heterocycles. The standard InChI is InChI=1S/C16H20BrN3O/c17-13-10-11-4-1-2-6-14(11)19-16(13)15(20-18)8-7-12-5-3-9-21-12/h1-2,4,6,10,12,15,20H,3,5,7-9,18H2. The average Bonchev–Trinajstić information content (AvgIpc) is 3.01. The van der Waals surface area contributed by atoms with Gasteiger partial charge in [0.15, 0.2) is 0 Å². The van der Waals surface area contributed by atoms with Crippen molar-refractivity contribution >= 4 is 26.8 Å². The van der Waals surface area contributed by atoms with E-state index in [2.05, 4.69) is 33.5 Å². The fourth-order valence-electron chi connectivity index (χ4n) is 2.87. The molecule has 1 aromatic heterocycles. The summed E-state index contributed by atoms with van der Waals surface area (Å²) < 4.78 is 6.68. The molecule has 0 saturated carbocycles. The number of hydrogen-bond acceptors (Lipinski definition) is 4. The monoisotopic (exact) mass is 349 g/mol. The molecular formula is C16H20BrN3O. The molecule has 1 fully saturated rings. The Morgan fingerprint density at radius 2 is 2.29 bits per heavy atom. The Balaban J connectivity index is 1.80. The normalized spacial score (nSPS) is 20.0. The second-order valence-electron chi connectivity index (χ2n) is 5.48. The highest BCUT2D eigenvalue weighted by atomic mass is 79.9. The van der Waals surface area contributed by atoms with Gasteiger partial charge in [-0.05, 0) is 53.7 Å².